The van der Waals surface area contributed by atoms with Crippen molar-refractivity contribution in [2.75, 3.05) is 20.0 Å². The van der Waals surface area contributed by atoms with E-state index in [0.29, 0.717) is 0 Å². The summed E-state index contributed by atoms with van der Waals surface area (Å²) in [7, 11) is 0. The van der Waals surface area contributed by atoms with Crippen LogP contribution < -0.4 is 20.0 Å². The zero-order valence-electron chi connectivity index (χ0n) is 90.0. The molecule has 4 aliphatic rings. The fraction of sp³-hybridized carbons (Fsp3) is 0.446. The number of fused-ring (bicyclic) bond motifs is 4. The Bertz CT molecular complexity index is 6190. The van der Waals surface area contributed by atoms with Gasteiger partial charge >= 0.3 is 0 Å². The van der Waals surface area contributed by atoms with Crippen LogP contribution in [0.2, 0.25) is 5.02 Å². The van der Waals surface area contributed by atoms with Crippen molar-refractivity contribution in [1.29, 1.82) is 0 Å². The van der Waals surface area contributed by atoms with Gasteiger partial charge in [-0.2, -0.15) is 0 Å². The van der Waals surface area contributed by atoms with Crippen molar-refractivity contribution >= 4 is 74.2 Å². The molecule has 135 heavy (non-hydrogen) atoms. The van der Waals surface area contributed by atoms with Gasteiger partial charge < -0.3 is 20.0 Å². The highest BCUT2D eigenvalue weighted by Gasteiger charge is 2.43. The number of hydrogen-bond acceptors (Lipinski definition) is 4. The van der Waals surface area contributed by atoms with Crippen LogP contribution in [-0.4, -0.2) is 0 Å². The predicted octanol–water partition coefficient (Wildman–Crippen LogP) is 39.0. The van der Waals surface area contributed by atoms with Crippen LogP contribution in [0, 0.1) is 13.8 Å². The number of halogens is 1. The molecule has 16 rings (SSSR count). The molecule has 5 heteroatoms. The van der Waals surface area contributed by atoms with Gasteiger partial charge in [0.2, 0.25) is 0 Å². The van der Waals surface area contributed by atoms with Gasteiger partial charge in [-0.3, -0.25) is 0 Å². The maximum atomic E-state index is 6.41. The van der Waals surface area contributed by atoms with Crippen LogP contribution in [0.1, 0.15) is 376 Å². The molecular weight excluding hydrogens is 1650 g/mol. The molecule has 1 N–H and O–H groups in total. The van der Waals surface area contributed by atoms with Gasteiger partial charge in [0, 0.05) is 73.0 Å². The summed E-state index contributed by atoms with van der Waals surface area (Å²) in [6, 6.07) is 93.3. The van der Waals surface area contributed by atoms with Crippen LogP contribution in [0.4, 0.5) is 62.6 Å². The second-order valence-corrected chi connectivity index (χ2v) is 52.8. The molecule has 0 bridgehead atoms. The van der Waals surface area contributed by atoms with E-state index in [0.717, 1.165) is 56.8 Å². The molecule has 0 radical (unpaired) electrons. The van der Waals surface area contributed by atoms with E-state index in [1.165, 1.54) is 173 Å². The molecule has 0 spiro atoms. The Hall–Kier alpha value is -9.87. The minimum absolute atomic E-state index is 0.0307. The number of hydrogen-bond donors (Lipinski definition) is 1. The average Bonchev–Trinajstić information content (AvgIpc) is 0.735. The van der Waals surface area contributed by atoms with Gasteiger partial charge in [0.15, 0.2) is 0 Å². The molecule has 0 aliphatic heterocycles. The summed E-state index contributed by atoms with van der Waals surface area (Å²) in [6.07, 6.45) is 9.66. The first-order valence-electron chi connectivity index (χ1n) is 50.7. The van der Waals surface area contributed by atoms with E-state index in [2.05, 4.69) is 500 Å². The lowest BCUT2D eigenvalue weighted by atomic mass is 9.63. The summed E-state index contributed by atoms with van der Waals surface area (Å²) in [6.45, 7) is 84.4. The zero-order valence-corrected chi connectivity index (χ0v) is 90.7. The molecule has 4 aliphatic carbocycles. The van der Waals surface area contributed by atoms with E-state index < -0.39 is 0 Å². The summed E-state index contributed by atoms with van der Waals surface area (Å²) in [5.41, 5.74) is 41.8. The first-order chi connectivity index (χ1) is 62.3. The van der Waals surface area contributed by atoms with E-state index in [1.807, 2.05) is 12.1 Å². The first-order valence-corrected chi connectivity index (χ1v) is 51.1. The lowest BCUT2D eigenvalue weighted by molar-refractivity contribution is 0.332. The van der Waals surface area contributed by atoms with E-state index in [9.17, 15) is 0 Å². The summed E-state index contributed by atoms with van der Waals surface area (Å²) in [4.78, 5) is 7.33. The average molecular weight is 1820 g/mol. The third-order valence-corrected chi connectivity index (χ3v) is 31.6. The maximum absolute atomic E-state index is 6.41. The molecule has 0 heterocycles. The molecule has 712 valence electrons. The molecular formula is C130H165ClN4. The second kappa shape index (κ2) is 36.2. The molecule has 0 unspecified atom stereocenters. The summed E-state index contributed by atoms with van der Waals surface area (Å²) >= 11 is 6.41. The number of anilines is 11. The number of nitrogens with zero attached hydrogens (tertiary/aromatic N) is 3. The van der Waals surface area contributed by atoms with Crippen molar-refractivity contribution in [3.05, 3.63) is 337 Å². The summed E-state index contributed by atoms with van der Waals surface area (Å²) < 4.78 is 0. The molecule has 4 nitrogen and oxygen atoms in total. The van der Waals surface area contributed by atoms with Gasteiger partial charge in [-0.05, 0) is 375 Å². The van der Waals surface area contributed by atoms with Crippen molar-refractivity contribution in [2.45, 2.75) is 376 Å². The van der Waals surface area contributed by atoms with Gasteiger partial charge in [0.05, 0.1) is 5.69 Å². The number of nitrogens with one attached hydrogen (secondary N) is 1. The van der Waals surface area contributed by atoms with Gasteiger partial charge in [0.1, 0.15) is 0 Å². The summed E-state index contributed by atoms with van der Waals surface area (Å²) in [5, 5.41) is 4.63. The minimum atomic E-state index is -0.0307. The quantitative estimate of drug-likeness (QED) is 0.124. The maximum Gasteiger partial charge on any atom is 0.0540 e. The third-order valence-electron chi connectivity index (χ3n) is 31.4. The standard InChI is InChI=1S/C65H82N2.C38H51N.C27H32ClN/c1-43-37-51(66(48-25-20-45(21-26-48)59(2,3)4)49-27-22-46(23-28-49)60(5,6)7)41-52(38-43)67(50-29-31-55-57(42-50)65(17,18)36-34-63(55,13)14)58-32-24-47(61(8,9)10)40-53(58)44-19-30-54-56(39-44)64(15,16)35-33-62(54,11)12;1-34(2,3)26-13-17-33(39-27-14-16-30-32(24-27)38(10,11)21-19-36(30,6)7)28(23-26)25-12-15-29-31(22-25)37(8,9)20-18-35(29,4)5;1-19-16-22(28)18-25(17-19)29(23-12-8-20(9-13-23)26(2,3)4)24-14-10-21(11-15-24)27(5,6)7/h19-32,37-42H,33-36H2,1-18H3;12-17,22-24,39H,18-21H2,1-11H3;8-18H,1-7H3. The van der Waals surface area contributed by atoms with Crippen molar-refractivity contribution in [2.24, 2.45) is 0 Å². The smallest absolute Gasteiger partial charge is 0.0540 e. The van der Waals surface area contributed by atoms with Crippen molar-refractivity contribution in [3.8, 4) is 22.3 Å². The Labute approximate surface area is 823 Å². The fourth-order valence-corrected chi connectivity index (χ4v) is 21.7. The normalized spacial score (nSPS) is 17.2. The van der Waals surface area contributed by atoms with Gasteiger partial charge in [-0.25, -0.2) is 0 Å². The van der Waals surface area contributed by atoms with Crippen LogP contribution in [0.15, 0.2) is 243 Å². The highest BCUT2D eigenvalue weighted by Crippen LogP contribution is 2.56. The minimum Gasteiger partial charge on any atom is -0.355 e. The van der Waals surface area contributed by atoms with Crippen LogP contribution >= 0.6 is 11.6 Å². The molecule has 12 aromatic carbocycles. The Kier molecular flexibility index (Phi) is 27.1. The van der Waals surface area contributed by atoms with E-state index in [-0.39, 0.29) is 75.8 Å². The fourth-order valence-electron chi connectivity index (χ4n) is 21.4. The number of rotatable bonds is 13. The predicted molar refractivity (Wildman–Crippen MR) is 592 cm³/mol. The molecule has 0 saturated carbocycles. The molecule has 0 fully saturated rings. The van der Waals surface area contributed by atoms with Gasteiger partial charge in [-0.1, -0.05) is 356 Å². The van der Waals surface area contributed by atoms with Crippen LogP contribution in [-0.2, 0) is 75.8 Å². The van der Waals surface area contributed by atoms with E-state index in [1.54, 1.807) is 0 Å². The van der Waals surface area contributed by atoms with E-state index >= 15 is 0 Å². The highest BCUT2D eigenvalue weighted by atomic mass is 35.5. The Morgan fingerprint density at radius 1 is 0.222 bits per heavy atom. The zero-order chi connectivity index (χ0) is 98.9. The van der Waals surface area contributed by atoms with Gasteiger partial charge in [0.25, 0.3) is 0 Å². The molecule has 0 atom stereocenters. The second-order valence-electron chi connectivity index (χ2n) is 52.4. The largest absolute Gasteiger partial charge is 0.355 e. The number of aryl methyl sites for hydroxylation is 2. The summed E-state index contributed by atoms with van der Waals surface area (Å²) in [5.74, 6) is 0. The molecule has 0 saturated heterocycles. The van der Waals surface area contributed by atoms with Gasteiger partial charge in [-0.15, -0.1) is 0 Å². The van der Waals surface area contributed by atoms with Crippen LogP contribution in [0.25, 0.3) is 22.3 Å². The lowest BCUT2D eigenvalue weighted by Crippen LogP contribution is -2.34. The van der Waals surface area contributed by atoms with Crippen molar-refractivity contribution in [1.82, 2.24) is 0 Å². The van der Waals surface area contributed by atoms with Crippen molar-refractivity contribution < 1.29 is 0 Å². The van der Waals surface area contributed by atoms with Crippen LogP contribution in [0.3, 0.4) is 0 Å². The highest BCUT2D eigenvalue weighted by molar-refractivity contribution is 6.31. The van der Waals surface area contributed by atoms with Crippen molar-refractivity contribution in [3.63, 3.8) is 0 Å². The topological polar surface area (TPSA) is 21.8 Å². The molecule has 12 aromatic rings. The Balaban J connectivity index is 0.000000180. The first kappa shape index (κ1) is 101. The number of benzene rings is 12. The third kappa shape index (κ3) is 21.7. The Morgan fingerprint density at radius 3 is 0.837 bits per heavy atom. The molecule has 0 aromatic heterocycles. The Morgan fingerprint density at radius 2 is 0.489 bits per heavy atom. The lowest BCUT2D eigenvalue weighted by Gasteiger charge is -2.43. The monoisotopic (exact) mass is 1820 g/mol. The van der Waals surface area contributed by atoms with E-state index in [4.69, 9.17) is 11.6 Å². The SMILES string of the molecule is CC(C)(C)c1ccc(Nc2ccc3c(c2)C(C)(C)CCC3(C)C)c(-c2ccc3c(c2)C(C)(C)CCC3(C)C)c1.Cc1cc(Cl)cc(N(c2ccc(C(C)(C)C)cc2)c2ccc(C(C)(C)C)cc2)c1.Cc1cc(N(c2ccc(C(C)(C)C)cc2)c2ccc(C(C)(C)C)cc2)cc(N(c2ccc3c(c2)C(C)(C)CCC3(C)C)c2ccc(C(C)(C)C)cc2-c2ccc3c(c2)C(C)(C)CCC3(C)C)c1. The van der Waals surface area contributed by atoms with Crippen LogP contribution in [0.5, 0.6) is 0 Å². The molecule has 0 amide bonds.